The molecule has 0 bridgehead atoms. The Balaban J connectivity index is 1.80. The molecule has 1 unspecified atom stereocenters. The molecule has 7 heteroatoms. The summed E-state index contributed by atoms with van der Waals surface area (Å²) in [5.41, 5.74) is 0.851. The Labute approximate surface area is 143 Å². The van der Waals surface area contributed by atoms with Gasteiger partial charge in [-0.05, 0) is 12.0 Å². The van der Waals surface area contributed by atoms with Crippen LogP contribution < -0.4 is 15.4 Å². The van der Waals surface area contributed by atoms with Crippen LogP contribution in [0.3, 0.4) is 0 Å². The maximum Gasteiger partial charge on any atom is 0.315 e. The minimum atomic E-state index is -0.181. The van der Waals surface area contributed by atoms with E-state index in [-0.39, 0.29) is 6.03 Å². The van der Waals surface area contributed by atoms with Crippen molar-refractivity contribution in [3.63, 3.8) is 0 Å². The average Bonchev–Trinajstić information content (AvgIpc) is 2.61. The summed E-state index contributed by atoms with van der Waals surface area (Å²) >= 11 is 0. The minimum Gasteiger partial charge on any atom is -0.481 e. The largest absolute Gasteiger partial charge is 0.481 e. The lowest BCUT2D eigenvalue weighted by molar-refractivity contribution is 0.00719. The highest BCUT2D eigenvalue weighted by Crippen LogP contribution is 2.13. The lowest BCUT2D eigenvalue weighted by atomic mass is 10.0. The van der Waals surface area contributed by atoms with E-state index in [1.54, 1.807) is 13.3 Å². The molecule has 0 saturated carbocycles. The molecular formula is C17H28N4O3. The first-order valence-corrected chi connectivity index (χ1v) is 8.43. The number of amides is 2. The van der Waals surface area contributed by atoms with E-state index in [0.717, 1.165) is 31.9 Å². The lowest BCUT2D eigenvalue weighted by Crippen LogP contribution is -2.52. The van der Waals surface area contributed by atoms with E-state index in [1.165, 1.54) is 0 Å². The summed E-state index contributed by atoms with van der Waals surface area (Å²) in [5.74, 6) is 0.994. The normalized spacial score (nSPS) is 16.7. The van der Waals surface area contributed by atoms with E-state index in [0.29, 0.717) is 30.9 Å². The monoisotopic (exact) mass is 336 g/mol. The topological polar surface area (TPSA) is 75.7 Å². The maximum absolute atomic E-state index is 12.1. The number of methoxy groups -OCH3 is 1. The van der Waals surface area contributed by atoms with Gasteiger partial charge < -0.3 is 20.1 Å². The number of hydrogen-bond acceptors (Lipinski definition) is 5. The number of carbonyl (C=O) groups excluding carboxylic acids is 1. The van der Waals surface area contributed by atoms with Gasteiger partial charge in [0.25, 0.3) is 0 Å². The van der Waals surface area contributed by atoms with Crippen LogP contribution in [0.5, 0.6) is 5.88 Å². The first kappa shape index (κ1) is 18.5. The van der Waals surface area contributed by atoms with Crippen molar-refractivity contribution >= 4 is 6.03 Å². The Hall–Kier alpha value is -1.86. The van der Waals surface area contributed by atoms with Gasteiger partial charge in [-0.2, -0.15) is 0 Å². The molecule has 1 aromatic rings. The molecule has 0 radical (unpaired) electrons. The number of hydrogen-bond donors (Lipinski definition) is 2. The quantitative estimate of drug-likeness (QED) is 0.784. The molecule has 7 nitrogen and oxygen atoms in total. The van der Waals surface area contributed by atoms with Gasteiger partial charge in [-0.3, -0.25) is 4.90 Å². The Bertz CT molecular complexity index is 518. The smallest absolute Gasteiger partial charge is 0.315 e. The van der Waals surface area contributed by atoms with Crippen LogP contribution in [0.4, 0.5) is 4.79 Å². The number of aromatic nitrogens is 1. The number of morpholine rings is 1. The third kappa shape index (κ3) is 5.35. The third-order valence-corrected chi connectivity index (χ3v) is 4.24. The predicted octanol–water partition coefficient (Wildman–Crippen LogP) is 1.25. The predicted molar refractivity (Wildman–Crippen MR) is 92.0 cm³/mol. The van der Waals surface area contributed by atoms with Crippen molar-refractivity contribution in [3.05, 3.63) is 23.9 Å². The zero-order valence-electron chi connectivity index (χ0n) is 14.7. The van der Waals surface area contributed by atoms with Gasteiger partial charge in [-0.25, -0.2) is 9.78 Å². The van der Waals surface area contributed by atoms with Crippen LogP contribution in [0.25, 0.3) is 0 Å². The second-order valence-electron chi connectivity index (χ2n) is 6.20. The zero-order chi connectivity index (χ0) is 17.4. The summed E-state index contributed by atoms with van der Waals surface area (Å²) in [7, 11) is 1.57. The maximum atomic E-state index is 12.1. The Morgan fingerprint density at radius 3 is 2.79 bits per heavy atom. The fraction of sp³-hybridized carbons (Fsp3) is 0.647. The fourth-order valence-corrected chi connectivity index (χ4v) is 2.87. The van der Waals surface area contributed by atoms with Crippen LogP contribution in [0.1, 0.15) is 19.4 Å². The molecular weight excluding hydrogens is 308 g/mol. The summed E-state index contributed by atoms with van der Waals surface area (Å²) < 4.78 is 10.6. The average molecular weight is 336 g/mol. The van der Waals surface area contributed by atoms with Gasteiger partial charge >= 0.3 is 6.03 Å². The summed E-state index contributed by atoms with van der Waals surface area (Å²) in [6, 6.07) is 3.84. The first-order valence-electron chi connectivity index (χ1n) is 8.43. The second kappa shape index (κ2) is 9.44. The summed E-state index contributed by atoms with van der Waals surface area (Å²) in [6.45, 7) is 8.71. The third-order valence-electron chi connectivity index (χ3n) is 4.24. The van der Waals surface area contributed by atoms with Gasteiger partial charge in [0.05, 0.1) is 20.3 Å². The Morgan fingerprint density at radius 2 is 2.12 bits per heavy atom. The molecule has 1 atom stereocenters. The molecule has 1 fully saturated rings. The highest BCUT2D eigenvalue weighted by molar-refractivity contribution is 5.73. The van der Waals surface area contributed by atoms with E-state index in [4.69, 9.17) is 9.47 Å². The van der Waals surface area contributed by atoms with E-state index < -0.39 is 0 Å². The van der Waals surface area contributed by atoms with Crippen LogP contribution in [-0.4, -0.2) is 61.9 Å². The molecule has 2 amide bonds. The van der Waals surface area contributed by atoms with Crippen LogP contribution in [0.15, 0.2) is 18.3 Å². The van der Waals surface area contributed by atoms with E-state index in [9.17, 15) is 4.79 Å². The van der Waals surface area contributed by atoms with Crippen LogP contribution in [0.2, 0.25) is 0 Å². The fourth-order valence-electron chi connectivity index (χ4n) is 2.87. The summed E-state index contributed by atoms with van der Waals surface area (Å²) in [5, 5.41) is 5.83. The Kier molecular flexibility index (Phi) is 7.27. The molecule has 134 valence electrons. The van der Waals surface area contributed by atoms with Crippen molar-refractivity contribution < 1.29 is 14.3 Å². The molecule has 1 aliphatic heterocycles. The van der Waals surface area contributed by atoms with Crippen LogP contribution >= 0.6 is 0 Å². The molecule has 0 aromatic carbocycles. The summed E-state index contributed by atoms with van der Waals surface area (Å²) in [6.07, 6.45) is 1.66. The van der Waals surface area contributed by atoms with Crippen molar-refractivity contribution in [3.8, 4) is 5.88 Å². The van der Waals surface area contributed by atoms with Gasteiger partial charge in [-0.15, -0.1) is 0 Å². The number of nitrogens with one attached hydrogen (secondary N) is 2. The Morgan fingerprint density at radius 1 is 1.38 bits per heavy atom. The SMILES string of the molecule is COc1ncccc1CNC(=O)NCC(C(C)C)N1CCOCC1. The highest BCUT2D eigenvalue weighted by Gasteiger charge is 2.24. The standard InChI is InChI=1S/C17H28N4O3/c1-13(2)15(21-7-9-24-10-8-21)12-20-17(22)19-11-14-5-4-6-18-16(14)23-3/h4-6,13,15H,7-12H2,1-3H3,(H2,19,20,22). The minimum absolute atomic E-state index is 0.181. The number of carbonyl (C=O) groups is 1. The zero-order valence-corrected chi connectivity index (χ0v) is 14.7. The van der Waals surface area contributed by atoms with Gasteiger partial charge in [-0.1, -0.05) is 19.9 Å². The van der Waals surface area contributed by atoms with Gasteiger partial charge in [0.1, 0.15) is 0 Å². The number of ether oxygens (including phenoxy) is 2. The molecule has 1 aromatic heterocycles. The molecule has 2 heterocycles. The van der Waals surface area contributed by atoms with E-state index >= 15 is 0 Å². The number of urea groups is 1. The molecule has 0 aliphatic carbocycles. The van der Waals surface area contributed by atoms with Gasteiger partial charge in [0.2, 0.25) is 5.88 Å². The lowest BCUT2D eigenvalue weighted by Gasteiger charge is -2.36. The number of rotatable bonds is 7. The molecule has 2 N–H and O–H groups in total. The highest BCUT2D eigenvalue weighted by atomic mass is 16.5. The molecule has 0 spiro atoms. The van der Waals surface area contributed by atoms with Crippen molar-refractivity contribution in [1.29, 1.82) is 0 Å². The first-order chi connectivity index (χ1) is 11.6. The van der Waals surface area contributed by atoms with Crippen molar-refractivity contribution in [2.75, 3.05) is 40.0 Å². The van der Waals surface area contributed by atoms with Gasteiger partial charge in [0, 0.05) is 44.0 Å². The molecule has 24 heavy (non-hydrogen) atoms. The number of nitrogens with zero attached hydrogens (tertiary/aromatic N) is 2. The molecule has 2 rings (SSSR count). The van der Waals surface area contributed by atoms with Crippen molar-refractivity contribution in [2.45, 2.75) is 26.4 Å². The van der Waals surface area contributed by atoms with Crippen LogP contribution in [0, 0.1) is 5.92 Å². The van der Waals surface area contributed by atoms with Gasteiger partial charge in [0.15, 0.2) is 0 Å². The second-order valence-corrected chi connectivity index (χ2v) is 6.20. The van der Waals surface area contributed by atoms with Crippen molar-refractivity contribution in [2.24, 2.45) is 5.92 Å². The van der Waals surface area contributed by atoms with E-state index in [1.807, 2.05) is 12.1 Å². The van der Waals surface area contributed by atoms with Crippen LogP contribution in [-0.2, 0) is 11.3 Å². The molecule has 1 aliphatic rings. The van der Waals surface area contributed by atoms with E-state index in [2.05, 4.69) is 34.4 Å². The number of pyridine rings is 1. The molecule has 1 saturated heterocycles. The summed E-state index contributed by atoms with van der Waals surface area (Å²) in [4.78, 5) is 18.6. The van der Waals surface area contributed by atoms with Crippen molar-refractivity contribution in [1.82, 2.24) is 20.5 Å².